The van der Waals surface area contributed by atoms with E-state index in [0.29, 0.717) is 11.4 Å². The molecule has 0 radical (unpaired) electrons. The van der Waals surface area contributed by atoms with Crippen LogP contribution in [0, 0.1) is 0 Å². The fraction of sp³-hybridized carbons (Fsp3) is 0.429. The van der Waals surface area contributed by atoms with Gasteiger partial charge in [0, 0.05) is 0 Å². The molecule has 0 amide bonds. The molecule has 0 saturated carbocycles. The van der Waals surface area contributed by atoms with E-state index in [-0.39, 0.29) is 5.69 Å². The summed E-state index contributed by atoms with van der Waals surface area (Å²) in [5.74, 6) is 0. The third kappa shape index (κ3) is 2.27. The van der Waals surface area contributed by atoms with Crippen LogP contribution in [0.5, 0.6) is 0 Å². The highest BCUT2D eigenvalue weighted by molar-refractivity contribution is 7.98. The van der Waals surface area contributed by atoms with Crippen LogP contribution in [0.4, 0.5) is 0 Å². The second-order valence-corrected chi connectivity index (χ2v) is 2.37. The second-order valence-electron chi connectivity index (χ2n) is 1.60. The molecule has 0 fully saturated rings. The van der Waals surface area contributed by atoms with E-state index in [0.717, 1.165) is 4.73 Å². The summed E-state index contributed by atoms with van der Waals surface area (Å²) >= 11 is 1.27. The van der Waals surface area contributed by atoms with Gasteiger partial charge in [-0.15, -0.1) is 0 Å². The Bertz CT molecular complexity index is 248. The lowest BCUT2D eigenvalue weighted by molar-refractivity contribution is 0.105. The molecule has 0 saturated heterocycles. The lowest BCUT2D eigenvalue weighted by Gasteiger charge is -1.94. The highest BCUT2D eigenvalue weighted by atomic mass is 32.2. The molecule has 0 atom stereocenters. The Hall–Kier alpha value is -0.970. The minimum atomic E-state index is 0.171. The zero-order valence-electron chi connectivity index (χ0n) is 7.31. The topological polar surface area (TPSA) is 55.1 Å². The molecule has 1 aromatic rings. The summed E-state index contributed by atoms with van der Waals surface area (Å²) in [6.45, 7) is 4.00. The summed E-state index contributed by atoms with van der Waals surface area (Å²) in [7, 11) is 0. The molecule has 1 rings (SSSR count). The molecular formula is C7H12N2O2S. The largest absolute Gasteiger partial charge is 0.426 e. The van der Waals surface area contributed by atoms with Crippen molar-refractivity contribution < 1.29 is 10.0 Å². The van der Waals surface area contributed by atoms with Gasteiger partial charge in [-0.2, -0.15) is 4.73 Å². The van der Waals surface area contributed by atoms with Crippen molar-refractivity contribution in [1.82, 2.24) is 9.71 Å². The molecule has 0 aliphatic rings. The predicted octanol–water partition coefficient (Wildman–Crippen LogP) is 1.68. The molecule has 0 aromatic carbocycles. The zero-order chi connectivity index (χ0) is 9.56. The predicted molar refractivity (Wildman–Crippen MR) is 47.9 cm³/mol. The van der Waals surface area contributed by atoms with Crippen LogP contribution >= 0.6 is 11.8 Å². The molecule has 12 heavy (non-hydrogen) atoms. The number of hydrogen-bond acceptors (Lipinski definition) is 4. The number of rotatable bonds is 2. The molecule has 0 aliphatic carbocycles. The van der Waals surface area contributed by atoms with Crippen molar-refractivity contribution >= 4 is 18.0 Å². The fourth-order valence-corrected chi connectivity index (χ4v) is 0.997. The molecule has 68 valence electrons. The van der Waals surface area contributed by atoms with E-state index < -0.39 is 0 Å². The Morgan fingerprint density at radius 2 is 2.25 bits per heavy atom. The average Bonchev–Trinajstić information content (AvgIpc) is 2.49. The molecule has 1 aromatic heterocycles. The monoisotopic (exact) mass is 188 g/mol. The van der Waals surface area contributed by atoms with Gasteiger partial charge in [-0.05, 0) is 6.26 Å². The fourth-order valence-electron chi connectivity index (χ4n) is 0.561. The van der Waals surface area contributed by atoms with E-state index in [4.69, 9.17) is 5.21 Å². The second kappa shape index (κ2) is 5.65. The van der Waals surface area contributed by atoms with Gasteiger partial charge in [-0.1, -0.05) is 25.6 Å². The number of aldehydes is 1. The third-order valence-corrected chi connectivity index (χ3v) is 1.68. The molecule has 1 N–H and O–H groups in total. The number of imidazole rings is 1. The van der Waals surface area contributed by atoms with Gasteiger partial charge in [-0.25, -0.2) is 4.98 Å². The first-order chi connectivity index (χ1) is 5.79. The van der Waals surface area contributed by atoms with Crippen LogP contribution in [0.2, 0.25) is 0 Å². The first-order valence-electron chi connectivity index (χ1n) is 3.55. The van der Waals surface area contributed by atoms with Crippen LogP contribution < -0.4 is 0 Å². The third-order valence-electron chi connectivity index (χ3n) is 1.04. The molecule has 1 heterocycles. The number of nitrogens with zero attached hydrogens (tertiary/aromatic N) is 2. The van der Waals surface area contributed by atoms with Crippen molar-refractivity contribution in [3.05, 3.63) is 11.9 Å². The van der Waals surface area contributed by atoms with Crippen LogP contribution in [0.25, 0.3) is 0 Å². The molecular weight excluding hydrogens is 176 g/mol. The van der Waals surface area contributed by atoms with Gasteiger partial charge in [0.05, 0.1) is 6.20 Å². The SMILES string of the molecule is CC.CSc1ncc(C=O)n1O. The van der Waals surface area contributed by atoms with Crippen molar-refractivity contribution in [1.29, 1.82) is 0 Å². The van der Waals surface area contributed by atoms with Gasteiger partial charge >= 0.3 is 0 Å². The van der Waals surface area contributed by atoms with E-state index in [9.17, 15) is 4.79 Å². The summed E-state index contributed by atoms with van der Waals surface area (Å²) < 4.78 is 0.762. The first kappa shape index (κ1) is 11.0. The lowest BCUT2D eigenvalue weighted by Crippen LogP contribution is -1.96. The number of aromatic nitrogens is 2. The maximum Gasteiger partial charge on any atom is 0.203 e. The number of thioether (sulfide) groups is 1. The van der Waals surface area contributed by atoms with E-state index in [1.54, 1.807) is 6.26 Å². The molecule has 0 bridgehead atoms. The summed E-state index contributed by atoms with van der Waals surface area (Å²) in [5, 5.41) is 9.45. The Balaban J connectivity index is 0.000000561. The first-order valence-corrected chi connectivity index (χ1v) is 4.78. The summed E-state index contributed by atoms with van der Waals surface area (Å²) in [6.07, 6.45) is 3.63. The lowest BCUT2D eigenvalue weighted by atomic mass is 10.5. The number of carbonyl (C=O) groups is 1. The highest BCUT2D eigenvalue weighted by Gasteiger charge is 2.04. The van der Waals surface area contributed by atoms with E-state index in [1.807, 2.05) is 13.8 Å². The van der Waals surface area contributed by atoms with Crippen molar-refractivity contribution in [2.45, 2.75) is 19.0 Å². The Labute approximate surface area is 75.6 Å². The van der Waals surface area contributed by atoms with Gasteiger partial charge in [0.25, 0.3) is 0 Å². The van der Waals surface area contributed by atoms with Gasteiger partial charge < -0.3 is 5.21 Å². The Kier molecular flexibility index (Phi) is 5.19. The van der Waals surface area contributed by atoms with E-state index in [2.05, 4.69) is 4.98 Å². The van der Waals surface area contributed by atoms with Crippen LogP contribution in [-0.4, -0.2) is 27.5 Å². The molecule has 0 aliphatic heterocycles. The Morgan fingerprint density at radius 1 is 1.67 bits per heavy atom. The van der Waals surface area contributed by atoms with Gasteiger partial charge in [0.1, 0.15) is 5.69 Å². The molecule has 0 spiro atoms. The van der Waals surface area contributed by atoms with Gasteiger partial charge in [0.15, 0.2) is 6.29 Å². The Morgan fingerprint density at radius 3 is 2.50 bits per heavy atom. The van der Waals surface area contributed by atoms with E-state index in [1.165, 1.54) is 18.0 Å². The van der Waals surface area contributed by atoms with Gasteiger partial charge in [0.2, 0.25) is 5.16 Å². The van der Waals surface area contributed by atoms with Crippen LogP contribution in [0.15, 0.2) is 11.4 Å². The van der Waals surface area contributed by atoms with Crippen molar-refractivity contribution in [2.24, 2.45) is 0 Å². The maximum absolute atomic E-state index is 10.1. The van der Waals surface area contributed by atoms with Crippen molar-refractivity contribution in [3.8, 4) is 0 Å². The molecule has 5 heteroatoms. The summed E-state index contributed by atoms with van der Waals surface area (Å²) in [6, 6.07) is 0. The van der Waals surface area contributed by atoms with Crippen LogP contribution in [0.1, 0.15) is 24.3 Å². The normalized spacial score (nSPS) is 8.58. The van der Waals surface area contributed by atoms with Crippen molar-refractivity contribution in [3.63, 3.8) is 0 Å². The zero-order valence-corrected chi connectivity index (χ0v) is 8.13. The number of carbonyl (C=O) groups excluding carboxylic acids is 1. The summed E-state index contributed by atoms with van der Waals surface area (Å²) in [4.78, 5) is 13.9. The maximum atomic E-state index is 10.1. The smallest absolute Gasteiger partial charge is 0.203 e. The van der Waals surface area contributed by atoms with Crippen LogP contribution in [-0.2, 0) is 0 Å². The van der Waals surface area contributed by atoms with Crippen LogP contribution in [0.3, 0.4) is 0 Å². The standard InChI is InChI=1S/C5H6N2O2S.C2H6/c1-10-5-6-2-4(3-8)7(5)9;1-2/h2-3,9H,1H3;1-2H3. The minimum Gasteiger partial charge on any atom is -0.426 e. The number of hydrogen-bond donors (Lipinski definition) is 1. The van der Waals surface area contributed by atoms with E-state index >= 15 is 0 Å². The van der Waals surface area contributed by atoms with Crippen molar-refractivity contribution in [2.75, 3.05) is 6.26 Å². The molecule has 4 nitrogen and oxygen atoms in total. The van der Waals surface area contributed by atoms with Gasteiger partial charge in [-0.3, -0.25) is 4.79 Å². The average molecular weight is 188 g/mol. The molecule has 0 unspecified atom stereocenters. The minimum absolute atomic E-state index is 0.171. The summed E-state index contributed by atoms with van der Waals surface area (Å²) in [5.41, 5.74) is 0.171. The quantitative estimate of drug-likeness (QED) is 0.436. The highest BCUT2D eigenvalue weighted by Crippen LogP contribution is 2.11.